The van der Waals surface area contributed by atoms with Crippen LogP contribution in [0.3, 0.4) is 0 Å². The summed E-state index contributed by atoms with van der Waals surface area (Å²) in [5.41, 5.74) is 2.19. The normalized spacial score (nSPS) is 17.3. The molecular formula is C21H26N4OS. The van der Waals surface area contributed by atoms with Crippen molar-refractivity contribution in [2.45, 2.75) is 32.7 Å². The summed E-state index contributed by atoms with van der Waals surface area (Å²) in [4.78, 5) is 14.4. The molecule has 5 nitrogen and oxygen atoms in total. The van der Waals surface area contributed by atoms with E-state index in [0.29, 0.717) is 5.92 Å². The molecule has 4 rings (SSSR count). The van der Waals surface area contributed by atoms with Crippen molar-refractivity contribution in [3.8, 4) is 0 Å². The van der Waals surface area contributed by atoms with Crippen LogP contribution in [0.25, 0.3) is 10.2 Å². The number of thiophene rings is 1. The smallest absolute Gasteiger partial charge is 0.261 e. The molecule has 6 heteroatoms. The molecule has 0 radical (unpaired) electrons. The fraction of sp³-hybridized carbons (Fsp3) is 0.429. The van der Waals surface area contributed by atoms with E-state index in [9.17, 15) is 4.79 Å². The van der Waals surface area contributed by atoms with Crippen molar-refractivity contribution >= 4 is 27.5 Å². The van der Waals surface area contributed by atoms with Gasteiger partial charge in [0.1, 0.15) is 4.83 Å². The molecule has 2 N–H and O–H groups in total. The van der Waals surface area contributed by atoms with E-state index in [2.05, 4.69) is 27.9 Å². The van der Waals surface area contributed by atoms with Crippen molar-refractivity contribution in [2.75, 3.05) is 19.6 Å². The Labute approximate surface area is 163 Å². The molecule has 0 bridgehead atoms. The standard InChI is InChI=1S/C21H26N4OS/c1-15-18-12-19(20(26)23-11-9-16-8-5-10-22-13-16)27-21(18)25(24-15)14-17-6-3-2-4-7-17/h2-4,6-7,12,16,22H,5,8-11,13-14H2,1H3,(H,23,26). The molecule has 2 aromatic heterocycles. The van der Waals surface area contributed by atoms with Crippen molar-refractivity contribution in [3.05, 3.63) is 52.5 Å². The molecule has 1 aliphatic heterocycles. The summed E-state index contributed by atoms with van der Waals surface area (Å²) in [5.74, 6) is 0.716. The number of amides is 1. The predicted octanol–water partition coefficient (Wildman–Crippen LogP) is 3.57. The lowest BCUT2D eigenvalue weighted by Gasteiger charge is -2.22. The Hall–Kier alpha value is -2.18. The van der Waals surface area contributed by atoms with Gasteiger partial charge in [0.15, 0.2) is 0 Å². The number of fused-ring (bicyclic) bond motifs is 1. The molecule has 0 aliphatic carbocycles. The number of benzene rings is 1. The first-order chi connectivity index (χ1) is 13.2. The second-order valence-corrected chi connectivity index (χ2v) is 8.35. The Morgan fingerprint density at radius 2 is 2.22 bits per heavy atom. The number of aryl methyl sites for hydroxylation is 1. The van der Waals surface area contributed by atoms with E-state index in [-0.39, 0.29) is 5.91 Å². The Balaban J connectivity index is 1.43. The van der Waals surface area contributed by atoms with Crippen LogP contribution in [0.4, 0.5) is 0 Å². The first kappa shape index (κ1) is 18.2. The van der Waals surface area contributed by atoms with Crippen LogP contribution in [-0.4, -0.2) is 35.3 Å². The minimum absolute atomic E-state index is 0.0330. The van der Waals surface area contributed by atoms with Gasteiger partial charge in [-0.3, -0.25) is 9.48 Å². The fourth-order valence-corrected chi connectivity index (χ4v) is 4.81. The average molecular weight is 383 g/mol. The van der Waals surface area contributed by atoms with Gasteiger partial charge in [-0.05, 0) is 56.8 Å². The van der Waals surface area contributed by atoms with Crippen molar-refractivity contribution in [3.63, 3.8) is 0 Å². The first-order valence-electron chi connectivity index (χ1n) is 9.70. The number of rotatable bonds is 6. The van der Waals surface area contributed by atoms with Crippen LogP contribution < -0.4 is 10.6 Å². The van der Waals surface area contributed by atoms with Crippen molar-refractivity contribution < 1.29 is 4.79 Å². The van der Waals surface area contributed by atoms with Gasteiger partial charge in [-0.15, -0.1) is 11.3 Å². The van der Waals surface area contributed by atoms with Crippen LogP contribution >= 0.6 is 11.3 Å². The third-order valence-electron chi connectivity index (χ3n) is 5.24. The van der Waals surface area contributed by atoms with E-state index >= 15 is 0 Å². The second-order valence-electron chi connectivity index (χ2n) is 7.32. The number of nitrogens with one attached hydrogen (secondary N) is 2. The maximum Gasteiger partial charge on any atom is 0.261 e. The summed E-state index contributed by atoms with van der Waals surface area (Å²) in [7, 11) is 0. The second kappa shape index (κ2) is 8.23. The number of aromatic nitrogens is 2. The highest BCUT2D eigenvalue weighted by Crippen LogP contribution is 2.29. The Morgan fingerprint density at radius 3 is 3.00 bits per heavy atom. The molecule has 27 heavy (non-hydrogen) atoms. The molecule has 3 heterocycles. The lowest BCUT2D eigenvalue weighted by Crippen LogP contribution is -2.33. The highest BCUT2D eigenvalue weighted by atomic mass is 32.1. The SMILES string of the molecule is Cc1nn(Cc2ccccc2)c2sc(C(=O)NCCC3CCCNC3)cc12. The largest absolute Gasteiger partial charge is 0.351 e. The van der Waals surface area contributed by atoms with Crippen molar-refractivity contribution in [1.29, 1.82) is 0 Å². The van der Waals surface area contributed by atoms with Gasteiger partial charge in [-0.1, -0.05) is 30.3 Å². The third kappa shape index (κ3) is 4.22. The summed E-state index contributed by atoms with van der Waals surface area (Å²) >= 11 is 1.53. The van der Waals surface area contributed by atoms with Crippen LogP contribution in [0.1, 0.15) is 40.2 Å². The van der Waals surface area contributed by atoms with Crippen LogP contribution in [0, 0.1) is 12.8 Å². The maximum absolute atomic E-state index is 12.6. The summed E-state index contributed by atoms with van der Waals surface area (Å²) in [6, 6.07) is 12.3. The lowest BCUT2D eigenvalue weighted by molar-refractivity contribution is 0.0955. The molecule has 1 amide bonds. The summed E-state index contributed by atoms with van der Waals surface area (Å²) in [6.07, 6.45) is 3.55. The van der Waals surface area contributed by atoms with Gasteiger partial charge in [-0.25, -0.2) is 0 Å². The van der Waals surface area contributed by atoms with Gasteiger partial charge in [-0.2, -0.15) is 5.10 Å². The first-order valence-corrected chi connectivity index (χ1v) is 10.5. The van der Waals surface area contributed by atoms with E-state index in [0.717, 1.165) is 53.4 Å². The minimum atomic E-state index is 0.0330. The summed E-state index contributed by atoms with van der Waals surface area (Å²) in [5, 5.41) is 12.3. The molecule has 142 valence electrons. The van der Waals surface area contributed by atoms with E-state index in [1.807, 2.05) is 35.9 Å². The molecule has 1 aliphatic rings. The van der Waals surface area contributed by atoms with Crippen LogP contribution in [-0.2, 0) is 6.54 Å². The number of nitrogens with zero attached hydrogens (tertiary/aromatic N) is 2. The number of hydrogen-bond acceptors (Lipinski definition) is 4. The quantitative estimate of drug-likeness (QED) is 0.685. The Kier molecular flexibility index (Phi) is 5.55. The van der Waals surface area contributed by atoms with E-state index in [1.165, 1.54) is 29.7 Å². The highest BCUT2D eigenvalue weighted by Gasteiger charge is 2.17. The van der Waals surface area contributed by atoms with Gasteiger partial charge >= 0.3 is 0 Å². The van der Waals surface area contributed by atoms with E-state index in [1.54, 1.807) is 0 Å². The summed E-state index contributed by atoms with van der Waals surface area (Å²) in [6.45, 7) is 5.68. The molecule has 1 atom stereocenters. The third-order valence-corrected chi connectivity index (χ3v) is 6.39. The van der Waals surface area contributed by atoms with Crippen molar-refractivity contribution in [2.24, 2.45) is 5.92 Å². The van der Waals surface area contributed by atoms with Gasteiger partial charge in [0.05, 0.1) is 17.1 Å². The maximum atomic E-state index is 12.6. The van der Waals surface area contributed by atoms with E-state index in [4.69, 9.17) is 0 Å². The van der Waals surface area contributed by atoms with Gasteiger partial charge in [0.2, 0.25) is 0 Å². The van der Waals surface area contributed by atoms with Gasteiger partial charge < -0.3 is 10.6 Å². The zero-order valence-electron chi connectivity index (χ0n) is 15.7. The number of hydrogen-bond donors (Lipinski definition) is 2. The molecule has 1 saturated heterocycles. The molecular weight excluding hydrogens is 356 g/mol. The average Bonchev–Trinajstić information content (AvgIpc) is 3.25. The lowest BCUT2D eigenvalue weighted by atomic mass is 9.96. The molecule has 1 unspecified atom stereocenters. The molecule has 1 fully saturated rings. The fourth-order valence-electron chi connectivity index (χ4n) is 3.74. The van der Waals surface area contributed by atoms with Gasteiger partial charge in [0.25, 0.3) is 5.91 Å². The Morgan fingerprint density at radius 1 is 1.37 bits per heavy atom. The van der Waals surface area contributed by atoms with Crippen LogP contribution in [0.15, 0.2) is 36.4 Å². The molecule has 0 saturated carbocycles. The molecule has 1 aromatic carbocycles. The number of carbonyl (C=O) groups excluding carboxylic acids is 1. The predicted molar refractivity (Wildman–Crippen MR) is 110 cm³/mol. The molecule has 0 spiro atoms. The highest BCUT2D eigenvalue weighted by molar-refractivity contribution is 7.20. The number of carbonyl (C=O) groups is 1. The Bertz CT molecular complexity index is 909. The summed E-state index contributed by atoms with van der Waals surface area (Å²) < 4.78 is 2.01. The zero-order chi connectivity index (χ0) is 18.6. The van der Waals surface area contributed by atoms with Crippen LogP contribution in [0.2, 0.25) is 0 Å². The number of piperidine rings is 1. The van der Waals surface area contributed by atoms with E-state index < -0.39 is 0 Å². The van der Waals surface area contributed by atoms with Gasteiger partial charge in [0, 0.05) is 11.9 Å². The topological polar surface area (TPSA) is 59.0 Å². The zero-order valence-corrected chi connectivity index (χ0v) is 16.5. The minimum Gasteiger partial charge on any atom is -0.351 e. The van der Waals surface area contributed by atoms with Crippen molar-refractivity contribution in [1.82, 2.24) is 20.4 Å². The monoisotopic (exact) mass is 382 g/mol. The van der Waals surface area contributed by atoms with Crippen LogP contribution in [0.5, 0.6) is 0 Å². The molecule has 3 aromatic rings.